The number of nitrogens with zero attached hydrogens (tertiary/aromatic N) is 1. The van der Waals surface area contributed by atoms with E-state index in [9.17, 15) is 18.0 Å². The molecule has 0 atom stereocenters. The SMILES string of the molecule is O=C(COCC(F)(F)F)Nc1cc(Cl)cnc1Br. The average molecular weight is 348 g/mol. The number of hydrogen-bond donors (Lipinski definition) is 1. The summed E-state index contributed by atoms with van der Waals surface area (Å²) in [5, 5.41) is 2.59. The highest BCUT2D eigenvalue weighted by Gasteiger charge is 2.27. The normalized spacial score (nSPS) is 11.4. The first kappa shape index (κ1) is 15.2. The first-order valence-corrected chi connectivity index (χ1v) is 5.70. The van der Waals surface area contributed by atoms with Crippen LogP contribution in [0.2, 0.25) is 5.02 Å². The van der Waals surface area contributed by atoms with Gasteiger partial charge in [-0.05, 0) is 22.0 Å². The molecule has 0 aliphatic heterocycles. The van der Waals surface area contributed by atoms with Gasteiger partial charge in [0.2, 0.25) is 5.91 Å². The number of carbonyl (C=O) groups excluding carboxylic acids is 1. The summed E-state index contributed by atoms with van der Waals surface area (Å²) >= 11 is 8.70. The molecular weight excluding hydrogens is 340 g/mol. The van der Waals surface area contributed by atoms with Gasteiger partial charge in [-0.15, -0.1) is 0 Å². The lowest BCUT2D eigenvalue weighted by atomic mass is 10.4. The van der Waals surface area contributed by atoms with E-state index in [2.05, 4.69) is 31.0 Å². The van der Waals surface area contributed by atoms with Gasteiger partial charge in [0.25, 0.3) is 0 Å². The van der Waals surface area contributed by atoms with Crippen LogP contribution in [0.4, 0.5) is 18.9 Å². The Hall–Kier alpha value is -0.860. The molecule has 0 spiro atoms. The molecule has 1 heterocycles. The summed E-state index contributed by atoms with van der Waals surface area (Å²) in [6.45, 7) is -2.19. The standard InChI is InChI=1S/C9H7BrClF3N2O2/c10-8-6(1-5(11)2-15-8)16-7(17)3-18-4-9(12,13)14/h1-2H,3-4H2,(H,16,17). The maximum Gasteiger partial charge on any atom is 0.411 e. The molecule has 0 unspecified atom stereocenters. The van der Waals surface area contributed by atoms with E-state index in [0.29, 0.717) is 4.60 Å². The second-order valence-electron chi connectivity index (χ2n) is 3.15. The minimum absolute atomic E-state index is 0.253. The molecule has 0 saturated heterocycles. The Labute approximate surface area is 114 Å². The zero-order valence-electron chi connectivity index (χ0n) is 8.72. The summed E-state index contributed by atoms with van der Waals surface area (Å²) in [5.74, 6) is -0.732. The number of anilines is 1. The van der Waals surface area contributed by atoms with Crippen molar-refractivity contribution in [3.63, 3.8) is 0 Å². The monoisotopic (exact) mass is 346 g/mol. The van der Waals surface area contributed by atoms with Crippen LogP contribution in [-0.4, -0.2) is 30.3 Å². The van der Waals surface area contributed by atoms with Crippen LogP contribution >= 0.6 is 27.5 Å². The molecule has 0 aromatic carbocycles. The summed E-state index contributed by atoms with van der Waals surface area (Å²) in [5.41, 5.74) is 0.253. The highest BCUT2D eigenvalue weighted by molar-refractivity contribution is 9.10. The van der Waals surface area contributed by atoms with E-state index >= 15 is 0 Å². The molecule has 0 saturated carbocycles. The van der Waals surface area contributed by atoms with Crippen molar-refractivity contribution in [2.24, 2.45) is 0 Å². The Morgan fingerprint density at radius 2 is 2.22 bits per heavy atom. The first-order chi connectivity index (χ1) is 8.28. The second kappa shape index (κ2) is 6.35. The van der Waals surface area contributed by atoms with E-state index in [-0.39, 0.29) is 10.7 Å². The molecule has 1 N–H and O–H groups in total. The van der Waals surface area contributed by atoms with E-state index < -0.39 is 25.3 Å². The predicted molar refractivity (Wildman–Crippen MR) is 62.5 cm³/mol. The van der Waals surface area contributed by atoms with Gasteiger partial charge in [0.1, 0.15) is 17.8 Å². The van der Waals surface area contributed by atoms with Gasteiger partial charge >= 0.3 is 6.18 Å². The molecule has 1 aromatic heterocycles. The Kier molecular flexibility index (Phi) is 5.36. The number of carbonyl (C=O) groups is 1. The van der Waals surface area contributed by atoms with Crippen LogP contribution in [0.15, 0.2) is 16.9 Å². The molecular formula is C9H7BrClF3N2O2. The van der Waals surface area contributed by atoms with Gasteiger partial charge < -0.3 is 10.1 Å². The maximum atomic E-state index is 11.8. The second-order valence-corrected chi connectivity index (χ2v) is 4.34. The van der Waals surface area contributed by atoms with Crippen molar-refractivity contribution in [1.29, 1.82) is 0 Å². The Morgan fingerprint density at radius 3 is 2.83 bits per heavy atom. The molecule has 100 valence electrons. The third kappa shape index (κ3) is 5.65. The van der Waals surface area contributed by atoms with E-state index in [1.165, 1.54) is 12.3 Å². The van der Waals surface area contributed by atoms with Crippen LogP contribution in [-0.2, 0) is 9.53 Å². The van der Waals surface area contributed by atoms with Crippen molar-refractivity contribution in [1.82, 2.24) is 4.98 Å². The Balaban J connectivity index is 2.47. The van der Waals surface area contributed by atoms with Crippen molar-refractivity contribution in [2.45, 2.75) is 6.18 Å². The van der Waals surface area contributed by atoms with Gasteiger partial charge in [0, 0.05) is 6.20 Å². The van der Waals surface area contributed by atoms with Crippen LogP contribution in [0.5, 0.6) is 0 Å². The number of aromatic nitrogens is 1. The fourth-order valence-corrected chi connectivity index (χ4v) is 1.43. The minimum Gasteiger partial charge on any atom is -0.362 e. The molecule has 0 aliphatic rings. The van der Waals surface area contributed by atoms with Crippen molar-refractivity contribution in [2.75, 3.05) is 18.5 Å². The summed E-state index contributed by atoms with van der Waals surface area (Å²) < 4.78 is 39.8. The van der Waals surface area contributed by atoms with Gasteiger partial charge in [-0.1, -0.05) is 11.6 Å². The van der Waals surface area contributed by atoms with Crippen LogP contribution in [0.3, 0.4) is 0 Å². The molecule has 0 fully saturated rings. The fourth-order valence-electron chi connectivity index (χ4n) is 0.956. The molecule has 0 bridgehead atoms. The zero-order chi connectivity index (χ0) is 13.8. The van der Waals surface area contributed by atoms with Crippen LogP contribution in [0.25, 0.3) is 0 Å². The molecule has 18 heavy (non-hydrogen) atoms. The zero-order valence-corrected chi connectivity index (χ0v) is 11.1. The van der Waals surface area contributed by atoms with Crippen molar-refractivity contribution in [3.05, 3.63) is 21.9 Å². The quantitative estimate of drug-likeness (QED) is 0.852. The lowest BCUT2D eigenvalue weighted by Crippen LogP contribution is -2.24. The molecule has 1 amide bonds. The highest BCUT2D eigenvalue weighted by Crippen LogP contribution is 2.23. The molecule has 0 radical (unpaired) electrons. The largest absolute Gasteiger partial charge is 0.411 e. The van der Waals surface area contributed by atoms with E-state index in [1.807, 2.05) is 0 Å². The van der Waals surface area contributed by atoms with Crippen molar-refractivity contribution in [3.8, 4) is 0 Å². The first-order valence-electron chi connectivity index (χ1n) is 4.53. The van der Waals surface area contributed by atoms with E-state index in [4.69, 9.17) is 11.6 Å². The van der Waals surface area contributed by atoms with Crippen LogP contribution in [0.1, 0.15) is 0 Å². The average Bonchev–Trinajstić information content (AvgIpc) is 2.21. The number of amides is 1. The number of rotatable bonds is 4. The summed E-state index contributed by atoms with van der Waals surface area (Å²) in [4.78, 5) is 15.1. The van der Waals surface area contributed by atoms with Crippen LogP contribution in [0, 0.1) is 0 Å². The summed E-state index contributed by atoms with van der Waals surface area (Å²) in [6, 6.07) is 1.40. The smallest absolute Gasteiger partial charge is 0.362 e. The predicted octanol–water partition coefficient (Wildman–Crippen LogP) is 3.01. The maximum absolute atomic E-state index is 11.8. The lowest BCUT2D eigenvalue weighted by Gasteiger charge is -2.09. The van der Waals surface area contributed by atoms with Gasteiger partial charge in [0.05, 0.1) is 10.7 Å². The fraction of sp³-hybridized carbons (Fsp3) is 0.333. The Morgan fingerprint density at radius 1 is 1.56 bits per heavy atom. The van der Waals surface area contributed by atoms with Crippen LogP contribution < -0.4 is 5.32 Å². The van der Waals surface area contributed by atoms with Crippen molar-refractivity contribution < 1.29 is 22.7 Å². The van der Waals surface area contributed by atoms with Gasteiger partial charge in [-0.3, -0.25) is 4.79 Å². The molecule has 4 nitrogen and oxygen atoms in total. The Bertz CT molecular complexity index is 442. The highest BCUT2D eigenvalue weighted by atomic mass is 79.9. The van der Waals surface area contributed by atoms with Gasteiger partial charge in [0.15, 0.2) is 0 Å². The summed E-state index contributed by atoms with van der Waals surface area (Å²) in [6.07, 6.45) is -3.11. The molecule has 0 aliphatic carbocycles. The molecule has 1 aromatic rings. The third-order valence-corrected chi connectivity index (χ3v) is 2.42. The minimum atomic E-state index is -4.46. The number of hydrogen-bond acceptors (Lipinski definition) is 3. The number of ether oxygens (including phenoxy) is 1. The summed E-state index contributed by atoms with van der Waals surface area (Å²) in [7, 11) is 0. The van der Waals surface area contributed by atoms with E-state index in [0.717, 1.165) is 0 Å². The third-order valence-electron chi connectivity index (χ3n) is 1.58. The topological polar surface area (TPSA) is 51.2 Å². The molecule has 1 rings (SSSR count). The number of pyridine rings is 1. The number of nitrogens with one attached hydrogen (secondary N) is 1. The molecule has 9 heteroatoms. The number of halogens is 5. The van der Waals surface area contributed by atoms with Crippen molar-refractivity contribution >= 4 is 39.1 Å². The van der Waals surface area contributed by atoms with Gasteiger partial charge in [-0.2, -0.15) is 13.2 Å². The van der Waals surface area contributed by atoms with E-state index in [1.54, 1.807) is 0 Å². The number of alkyl halides is 3. The van der Waals surface area contributed by atoms with Gasteiger partial charge in [-0.25, -0.2) is 4.98 Å². The lowest BCUT2D eigenvalue weighted by molar-refractivity contribution is -0.174.